The van der Waals surface area contributed by atoms with Crippen molar-refractivity contribution < 1.29 is 24.5 Å². The molecule has 0 bridgehead atoms. The molecule has 6 heteroatoms. The van der Waals surface area contributed by atoms with Gasteiger partial charge in [-0.05, 0) is 26.2 Å². The number of aliphatic hydroxyl groups is 1. The van der Waals surface area contributed by atoms with E-state index in [1.165, 1.54) is 6.92 Å². The van der Waals surface area contributed by atoms with Crippen molar-refractivity contribution in [3.8, 4) is 0 Å². The van der Waals surface area contributed by atoms with E-state index in [0.717, 1.165) is 19.4 Å². The predicted octanol–water partition coefficient (Wildman–Crippen LogP) is -0.104. The molecule has 1 saturated heterocycles. The Hall–Kier alpha value is -1.14. The van der Waals surface area contributed by atoms with Crippen LogP contribution in [0.5, 0.6) is 0 Å². The van der Waals surface area contributed by atoms with Crippen LogP contribution in [-0.2, 0) is 14.3 Å². The van der Waals surface area contributed by atoms with Crippen LogP contribution in [0.1, 0.15) is 32.6 Å². The Kier molecular flexibility index (Phi) is 5.37. The quantitative estimate of drug-likeness (QED) is 0.607. The molecular weight excluding hydrogens is 226 g/mol. The summed E-state index contributed by atoms with van der Waals surface area (Å²) in [7, 11) is 0. The van der Waals surface area contributed by atoms with Crippen LogP contribution in [-0.4, -0.2) is 46.9 Å². The molecule has 1 heterocycles. The summed E-state index contributed by atoms with van der Waals surface area (Å²) in [6.07, 6.45) is 1.78. The van der Waals surface area contributed by atoms with Crippen molar-refractivity contribution >= 4 is 11.9 Å². The maximum atomic E-state index is 11.5. The number of carbonyl (C=O) groups is 2. The first-order chi connectivity index (χ1) is 8.00. The van der Waals surface area contributed by atoms with Crippen molar-refractivity contribution in [2.75, 3.05) is 6.61 Å². The molecule has 3 atom stereocenters. The first kappa shape index (κ1) is 13.9. The minimum atomic E-state index is -1.24. The fourth-order valence-electron chi connectivity index (χ4n) is 1.80. The zero-order chi connectivity index (χ0) is 12.8. The molecule has 0 spiro atoms. The van der Waals surface area contributed by atoms with Crippen molar-refractivity contribution in [2.45, 2.75) is 50.9 Å². The van der Waals surface area contributed by atoms with Crippen LogP contribution < -0.4 is 5.32 Å². The maximum absolute atomic E-state index is 11.5. The Balaban J connectivity index is 2.29. The van der Waals surface area contributed by atoms with Crippen molar-refractivity contribution in [2.24, 2.45) is 0 Å². The highest BCUT2D eigenvalue weighted by molar-refractivity contribution is 5.83. The van der Waals surface area contributed by atoms with Gasteiger partial charge < -0.3 is 20.3 Å². The van der Waals surface area contributed by atoms with E-state index in [9.17, 15) is 14.7 Å². The first-order valence-corrected chi connectivity index (χ1v) is 5.82. The van der Waals surface area contributed by atoms with E-state index in [-0.39, 0.29) is 18.4 Å². The molecule has 1 aliphatic rings. The number of aliphatic carboxylic acids is 1. The Morgan fingerprint density at radius 3 is 2.71 bits per heavy atom. The third kappa shape index (κ3) is 4.70. The van der Waals surface area contributed by atoms with E-state index in [1.807, 2.05) is 0 Å². The van der Waals surface area contributed by atoms with Gasteiger partial charge in [0.25, 0.3) is 0 Å². The normalized spacial score (nSPS) is 23.1. The molecule has 0 aromatic heterocycles. The summed E-state index contributed by atoms with van der Waals surface area (Å²) in [5, 5.41) is 20.3. The van der Waals surface area contributed by atoms with Gasteiger partial charge in [-0.2, -0.15) is 0 Å². The Morgan fingerprint density at radius 2 is 2.24 bits per heavy atom. The summed E-state index contributed by atoms with van der Waals surface area (Å²) in [6, 6.07) is -1.24. The van der Waals surface area contributed by atoms with E-state index in [0.29, 0.717) is 6.42 Å². The van der Waals surface area contributed by atoms with Crippen molar-refractivity contribution in [3.05, 3.63) is 0 Å². The average Bonchev–Trinajstić information content (AvgIpc) is 2.74. The minimum Gasteiger partial charge on any atom is -0.480 e. The summed E-state index contributed by atoms with van der Waals surface area (Å²) < 4.78 is 5.36. The predicted molar refractivity (Wildman–Crippen MR) is 59.5 cm³/mol. The number of carboxylic acid groups (broad SMARTS) is 1. The summed E-state index contributed by atoms with van der Waals surface area (Å²) in [6.45, 7) is 2.07. The van der Waals surface area contributed by atoms with Gasteiger partial charge in [0.05, 0.1) is 12.2 Å². The number of ether oxygens (including phenoxy) is 1. The van der Waals surface area contributed by atoms with Crippen LogP contribution in [0.3, 0.4) is 0 Å². The number of hydrogen-bond acceptors (Lipinski definition) is 4. The number of amides is 1. The third-order valence-corrected chi connectivity index (χ3v) is 2.78. The topological polar surface area (TPSA) is 95.9 Å². The SMILES string of the molecule is C[C@@H](O)[C@H](NC(=O)CCC1CCCO1)C(=O)O. The molecule has 1 amide bonds. The highest BCUT2D eigenvalue weighted by Crippen LogP contribution is 2.16. The number of hydrogen-bond donors (Lipinski definition) is 3. The van der Waals surface area contributed by atoms with E-state index < -0.39 is 18.1 Å². The fraction of sp³-hybridized carbons (Fsp3) is 0.818. The summed E-state index contributed by atoms with van der Waals surface area (Å²) in [5.41, 5.74) is 0. The van der Waals surface area contributed by atoms with Gasteiger partial charge in [-0.15, -0.1) is 0 Å². The van der Waals surface area contributed by atoms with Crippen LogP contribution in [0.25, 0.3) is 0 Å². The molecule has 0 saturated carbocycles. The Labute approximate surface area is 100.0 Å². The standard InChI is InChI=1S/C11H19NO5/c1-7(13)10(11(15)16)12-9(14)5-4-8-3-2-6-17-8/h7-8,10,13H,2-6H2,1H3,(H,12,14)(H,15,16)/t7-,8?,10+/m1/s1. The summed E-state index contributed by atoms with van der Waals surface area (Å²) >= 11 is 0. The fourth-order valence-corrected chi connectivity index (χ4v) is 1.80. The van der Waals surface area contributed by atoms with Crippen LogP contribution in [0.2, 0.25) is 0 Å². The lowest BCUT2D eigenvalue weighted by Crippen LogP contribution is -2.47. The lowest BCUT2D eigenvalue weighted by atomic mass is 10.1. The van der Waals surface area contributed by atoms with E-state index in [4.69, 9.17) is 9.84 Å². The average molecular weight is 245 g/mol. The number of nitrogens with one attached hydrogen (secondary N) is 1. The largest absolute Gasteiger partial charge is 0.480 e. The second kappa shape index (κ2) is 6.56. The first-order valence-electron chi connectivity index (χ1n) is 5.82. The minimum absolute atomic E-state index is 0.107. The molecule has 1 rings (SSSR count). The molecule has 1 aliphatic heterocycles. The zero-order valence-corrected chi connectivity index (χ0v) is 9.89. The lowest BCUT2D eigenvalue weighted by molar-refractivity contribution is -0.144. The van der Waals surface area contributed by atoms with E-state index in [2.05, 4.69) is 5.32 Å². The van der Waals surface area contributed by atoms with Gasteiger partial charge in [-0.1, -0.05) is 0 Å². The Morgan fingerprint density at radius 1 is 1.53 bits per heavy atom. The number of rotatable bonds is 6. The van der Waals surface area contributed by atoms with Crippen LogP contribution in [0.4, 0.5) is 0 Å². The smallest absolute Gasteiger partial charge is 0.328 e. The van der Waals surface area contributed by atoms with Crippen LogP contribution in [0.15, 0.2) is 0 Å². The van der Waals surface area contributed by atoms with Crippen molar-refractivity contribution in [1.29, 1.82) is 0 Å². The second-order valence-electron chi connectivity index (χ2n) is 4.30. The molecule has 0 aromatic rings. The summed E-state index contributed by atoms with van der Waals surface area (Å²) in [5.74, 6) is -1.60. The number of carboxylic acids is 1. The highest BCUT2D eigenvalue weighted by Gasteiger charge is 2.25. The van der Waals surface area contributed by atoms with Crippen LogP contribution in [0, 0.1) is 0 Å². The molecule has 0 radical (unpaired) electrons. The zero-order valence-electron chi connectivity index (χ0n) is 9.89. The molecule has 6 nitrogen and oxygen atoms in total. The van der Waals surface area contributed by atoms with Gasteiger partial charge in [-0.3, -0.25) is 4.79 Å². The van der Waals surface area contributed by atoms with Crippen molar-refractivity contribution in [3.63, 3.8) is 0 Å². The highest BCUT2D eigenvalue weighted by atomic mass is 16.5. The molecular formula is C11H19NO5. The van der Waals surface area contributed by atoms with Gasteiger partial charge in [-0.25, -0.2) is 4.79 Å². The maximum Gasteiger partial charge on any atom is 0.328 e. The van der Waals surface area contributed by atoms with Gasteiger partial charge in [0.2, 0.25) is 5.91 Å². The molecule has 1 fully saturated rings. The van der Waals surface area contributed by atoms with Gasteiger partial charge in [0, 0.05) is 13.0 Å². The molecule has 0 aromatic carbocycles. The van der Waals surface area contributed by atoms with Gasteiger partial charge in [0.15, 0.2) is 6.04 Å². The third-order valence-electron chi connectivity index (χ3n) is 2.78. The monoisotopic (exact) mass is 245 g/mol. The lowest BCUT2D eigenvalue weighted by Gasteiger charge is -2.17. The van der Waals surface area contributed by atoms with Crippen molar-refractivity contribution in [1.82, 2.24) is 5.32 Å². The summed E-state index contributed by atoms with van der Waals surface area (Å²) in [4.78, 5) is 22.2. The van der Waals surface area contributed by atoms with Crippen LogP contribution >= 0.6 is 0 Å². The number of carbonyl (C=O) groups excluding carboxylic acids is 1. The van der Waals surface area contributed by atoms with E-state index >= 15 is 0 Å². The molecule has 0 aliphatic carbocycles. The van der Waals surface area contributed by atoms with Gasteiger partial charge in [0.1, 0.15) is 0 Å². The van der Waals surface area contributed by atoms with Gasteiger partial charge >= 0.3 is 5.97 Å². The molecule has 17 heavy (non-hydrogen) atoms. The molecule has 3 N–H and O–H groups in total. The Bertz CT molecular complexity index is 273. The second-order valence-corrected chi connectivity index (χ2v) is 4.30. The molecule has 1 unspecified atom stereocenters. The van der Waals surface area contributed by atoms with E-state index in [1.54, 1.807) is 0 Å². The molecule has 98 valence electrons. The number of aliphatic hydroxyl groups excluding tert-OH is 1.